The summed E-state index contributed by atoms with van der Waals surface area (Å²) in [5, 5.41) is 5.00. The standard InChI is InChI=1S/C18H17ClN4/c1-13-11-15(12-21-22-18-5-3-4-10-20-18)14(2)23(13)17-8-6-16(19)7-9-17/h3-12H,1-2H3,(H,20,22)/b21-12-. The lowest BCUT2D eigenvalue weighted by atomic mass is 10.2. The predicted molar refractivity (Wildman–Crippen MR) is 95.7 cm³/mol. The molecule has 3 aromatic rings. The summed E-state index contributed by atoms with van der Waals surface area (Å²) in [5.41, 5.74) is 7.33. The van der Waals surface area contributed by atoms with E-state index in [0.29, 0.717) is 0 Å². The van der Waals surface area contributed by atoms with Gasteiger partial charge in [-0.3, -0.25) is 5.43 Å². The first kappa shape index (κ1) is 15.3. The van der Waals surface area contributed by atoms with E-state index in [1.54, 1.807) is 6.20 Å². The van der Waals surface area contributed by atoms with Crippen LogP contribution in [0.15, 0.2) is 59.8 Å². The Hall–Kier alpha value is -2.59. The van der Waals surface area contributed by atoms with Crippen molar-refractivity contribution in [3.63, 3.8) is 0 Å². The molecule has 116 valence electrons. The highest BCUT2D eigenvalue weighted by atomic mass is 35.5. The summed E-state index contributed by atoms with van der Waals surface area (Å²) in [7, 11) is 0. The molecule has 0 saturated carbocycles. The number of hydrogen-bond donors (Lipinski definition) is 1. The van der Waals surface area contributed by atoms with Crippen molar-refractivity contribution < 1.29 is 0 Å². The molecule has 5 heteroatoms. The Balaban J connectivity index is 1.84. The number of benzene rings is 1. The van der Waals surface area contributed by atoms with E-state index in [1.165, 1.54) is 0 Å². The van der Waals surface area contributed by atoms with Crippen LogP contribution in [0.3, 0.4) is 0 Å². The molecule has 0 amide bonds. The molecule has 2 aromatic heterocycles. The molecule has 0 aliphatic carbocycles. The van der Waals surface area contributed by atoms with Crippen LogP contribution in [0.1, 0.15) is 17.0 Å². The molecule has 0 saturated heterocycles. The number of rotatable bonds is 4. The second-order valence-electron chi connectivity index (χ2n) is 5.22. The van der Waals surface area contributed by atoms with Crippen LogP contribution in [-0.2, 0) is 0 Å². The van der Waals surface area contributed by atoms with Crippen molar-refractivity contribution in [2.75, 3.05) is 5.43 Å². The van der Waals surface area contributed by atoms with Crippen molar-refractivity contribution >= 4 is 23.6 Å². The monoisotopic (exact) mass is 324 g/mol. The van der Waals surface area contributed by atoms with E-state index in [4.69, 9.17) is 11.6 Å². The van der Waals surface area contributed by atoms with Gasteiger partial charge in [-0.25, -0.2) is 4.98 Å². The molecule has 0 aliphatic rings. The van der Waals surface area contributed by atoms with E-state index in [-0.39, 0.29) is 0 Å². The van der Waals surface area contributed by atoms with Gasteiger partial charge in [0.2, 0.25) is 0 Å². The van der Waals surface area contributed by atoms with Gasteiger partial charge in [-0.1, -0.05) is 17.7 Å². The van der Waals surface area contributed by atoms with Gasteiger partial charge in [-0.2, -0.15) is 5.10 Å². The lowest BCUT2D eigenvalue weighted by molar-refractivity contribution is 0.965. The summed E-state index contributed by atoms with van der Waals surface area (Å²) in [6.45, 7) is 4.15. The molecule has 0 bridgehead atoms. The Morgan fingerprint density at radius 3 is 2.61 bits per heavy atom. The third-order valence-electron chi connectivity index (χ3n) is 3.60. The summed E-state index contributed by atoms with van der Waals surface area (Å²) in [4.78, 5) is 4.17. The molecule has 2 heterocycles. The van der Waals surface area contributed by atoms with Gasteiger partial charge in [0.1, 0.15) is 5.82 Å². The highest BCUT2D eigenvalue weighted by molar-refractivity contribution is 6.30. The minimum atomic E-state index is 0.718. The summed E-state index contributed by atoms with van der Waals surface area (Å²) in [6.07, 6.45) is 3.54. The third kappa shape index (κ3) is 3.43. The molecule has 1 N–H and O–H groups in total. The van der Waals surface area contributed by atoms with Crippen LogP contribution in [-0.4, -0.2) is 15.8 Å². The number of nitrogens with one attached hydrogen (secondary N) is 1. The topological polar surface area (TPSA) is 42.2 Å². The average molecular weight is 325 g/mol. The Morgan fingerprint density at radius 1 is 1.13 bits per heavy atom. The van der Waals surface area contributed by atoms with E-state index in [2.05, 4.69) is 40.0 Å². The lowest BCUT2D eigenvalue weighted by Gasteiger charge is -2.09. The van der Waals surface area contributed by atoms with Gasteiger partial charge in [-0.05, 0) is 56.3 Å². The zero-order chi connectivity index (χ0) is 16.2. The largest absolute Gasteiger partial charge is 0.318 e. The van der Waals surface area contributed by atoms with Crippen LogP contribution in [0.4, 0.5) is 5.82 Å². The summed E-state index contributed by atoms with van der Waals surface area (Å²) in [6, 6.07) is 15.6. The fourth-order valence-corrected chi connectivity index (χ4v) is 2.63. The first-order valence-electron chi connectivity index (χ1n) is 7.30. The maximum atomic E-state index is 5.97. The van der Waals surface area contributed by atoms with Gasteiger partial charge in [0.25, 0.3) is 0 Å². The Labute approximate surface area is 140 Å². The molecule has 0 atom stereocenters. The third-order valence-corrected chi connectivity index (χ3v) is 3.85. The maximum Gasteiger partial charge on any atom is 0.146 e. The van der Waals surface area contributed by atoms with Gasteiger partial charge < -0.3 is 4.57 Å². The van der Waals surface area contributed by atoms with Crippen LogP contribution in [0.2, 0.25) is 5.02 Å². The molecule has 0 unspecified atom stereocenters. The molecule has 0 fully saturated rings. The number of hydrazone groups is 1. The van der Waals surface area contributed by atoms with Gasteiger partial charge in [0.05, 0.1) is 6.21 Å². The number of aromatic nitrogens is 2. The van der Waals surface area contributed by atoms with Crippen LogP contribution < -0.4 is 5.43 Å². The van der Waals surface area contributed by atoms with Crippen molar-refractivity contribution in [3.8, 4) is 5.69 Å². The zero-order valence-electron chi connectivity index (χ0n) is 13.0. The second-order valence-corrected chi connectivity index (χ2v) is 5.66. The van der Waals surface area contributed by atoms with Gasteiger partial charge >= 0.3 is 0 Å². The number of aryl methyl sites for hydroxylation is 1. The highest BCUT2D eigenvalue weighted by Crippen LogP contribution is 2.21. The minimum Gasteiger partial charge on any atom is -0.318 e. The molecule has 23 heavy (non-hydrogen) atoms. The summed E-state index contributed by atoms with van der Waals surface area (Å²) >= 11 is 5.97. The van der Waals surface area contributed by atoms with Gasteiger partial charge in [-0.15, -0.1) is 0 Å². The number of hydrogen-bond acceptors (Lipinski definition) is 3. The predicted octanol–water partition coefficient (Wildman–Crippen LogP) is 4.59. The molecule has 1 aromatic carbocycles. The lowest BCUT2D eigenvalue weighted by Crippen LogP contribution is -1.99. The van der Waals surface area contributed by atoms with E-state index in [9.17, 15) is 0 Å². The van der Waals surface area contributed by atoms with Crippen LogP contribution in [0.5, 0.6) is 0 Å². The van der Waals surface area contributed by atoms with E-state index < -0.39 is 0 Å². The first-order valence-corrected chi connectivity index (χ1v) is 7.68. The number of pyridine rings is 1. The fraction of sp³-hybridized carbons (Fsp3) is 0.111. The minimum absolute atomic E-state index is 0.718. The molecule has 0 radical (unpaired) electrons. The zero-order valence-corrected chi connectivity index (χ0v) is 13.7. The molecule has 0 spiro atoms. The SMILES string of the molecule is Cc1cc(/C=N\Nc2ccccn2)c(C)n1-c1ccc(Cl)cc1. The van der Waals surface area contributed by atoms with Crippen LogP contribution >= 0.6 is 11.6 Å². The van der Waals surface area contributed by atoms with Gasteiger partial charge in [0, 0.05) is 33.9 Å². The summed E-state index contributed by atoms with van der Waals surface area (Å²) in [5.74, 6) is 0.718. The smallest absolute Gasteiger partial charge is 0.146 e. The Morgan fingerprint density at radius 2 is 1.91 bits per heavy atom. The average Bonchev–Trinajstić information content (AvgIpc) is 2.84. The van der Waals surface area contributed by atoms with Crippen molar-refractivity contribution in [1.29, 1.82) is 0 Å². The van der Waals surface area contributed by atoms with Crippen molar-refractivity contribution in [2.45, 2.75) is 13.8 Å². The Kier molecular flexibility index (Phi) is 4.44. The van der Waals surface area contributed by atoms with Crippen LogP contribution in [0, 0.1) is 13.8 Å². The van der Waals surface area contributed by atoms with Crippen molar-refractivity contribution in [1.82, 2.24) is 9.55 Å². The molecule has 0 aliphatic heterocycles. The quantitative estimate of drug-likeness (QED) is 0.563. The normalized spacial score (nSPS) is 11.1. The maximum absolute atomic E-state index is 5.97. The van der Waals surface area contributed by atoms with Crippen molar-refractivity contribution in [2.24, 2.45) is 5.10 Å². The van der Waals surface area contributed by atoms with E-state index >= 15 is 0 Å². The van der Waals surface area contributed by atoms with E-state index in [0.717, 1.165) is 33.5 Å². The first-order chi connectivity index (χ1) is 11.1. The highest BCUT2D eigenvalue weighted by Gasteiger charge is 2.09. The second kappa shape index (κ2) is 6.67. The summed E-state index contributed by atoms with van der Waals surface area (Å²) < 4.78 is 2.18. The molecule has 3 rings (SSSR count). The molecular weight excluding hydrogens is 308 g/mol. The van der Waals surface area contributed by atoms with Crippen LogP contribution in [0.25, 0.3) is 5.69 Å². The Bertz CT molecular complexity index is 820. The molecular formula is C18H17ClN4. The van der Waals surface area contributed by atoms with E-state index in [1.807, 2.05) is 48.7 Å². The fourth-order valence-electron chi connectivity index (χ4n) is 2.50. The number of nitrogens with zero attached hydrogens (tertiary/aromatic N) is 3. The van der Waals surface area contributed by atoms with Gasteiger partial charge in [0.15, 0.2) is 0 Å². The number of halogens is 1. The number of anilines is 1. The molecule has 4 nitrogen and oxygen atoms in total. The van der Waals surface area contributed by atoms with Crippen molar-refractivity contribution in [3.05, 3.63) is 76.7 Å².